The first kappa shape index (κ1) is 10.2. The zero-order valence-electron chi connectivity index (χ0n) is 3.27. The molecule has 0 atom stereocenters. The van der Waals surface area contributed by atoms with E-state index in [1.54, 1.807) is 0 Å². The lowest BCUT2D eigenvalue weighted by atomic mass is 11.0. The summed E-state index contributed by atoms with van der Waals surface area (Å²) >= 11 is 0. The number of hydrogen-bond donors (Lipinski definition) is 0. The van der Waals surface area contributed by atoms with Crippen molar-refractivity contribution in [1.29, 1.82) is 0 Å². The van der Waals surface area contributed by atoms with E-state index in [1.807, 2.05) is 0 Å². The van der Waals surface area contributed by atoms with Crippen LogP contribution in [0, 0.1) is 0 Å². The summed E-state index contributed by atoms with van der Waals surface area (Å²) in [6, 6.07) is 0. The highest BCUT2D eigenvalue weighted by Crippen LogP contribution is 1.64. The predicted molar refractivity (Wildman–Crippen MR) is 37.0 cm³/mol. The van der Waals surface area contributed by atoms with E-state index in [-0.39, 0.29) is 36.4 Å². The Morgan fingerprint density at radius 1 is 1.43 bits per heavy atom. The second-order valence-electron chi connectivity index (χ2n) is 0.588. The fourth-order valence-corrected chi connectivity index (χ4v) is 0.136. The minimum atomic E-state index is 0. The van der Waals surface area contributed by atoms with Gasteiger partial charge in [0.1, 0.15) is 6.26 Å². The van der Waals surface area contributed by atoms with Crippen LogP contribution in [-0.2, 0) is 0 Å². The van der Waals surface area contributed by atoms with Gasteiger partial charge in [0.2, 0.25) is 0 Å². The van der Waals surface area contributed by atoms with E-state index in [2.05, 4.69) is 14.9 Å². The summed E-state index contributed by atoms with van der Waals surface area (Å²) in [5.41, 5.74) is 0. The summed E-state index contributed by atoms with van der Waals surface area (Å²) in [5.74, 6) is 0. The maximum atomic E-state index is 4.22. The van der Waals surface area contributed by atoms with Crippen LogP contribution in [0.1, 0.15) is 0 Å². The molecule has 0 amide bonds. The molecule has 0 bridgehead atoms. The molecule has 0 radical (unpaired) electrons. The molecule has 42 valence electrons. The first-order valence-corrected chi connectivity index (χ1v) is 1.21. The maximum absolute atomic E-state index is 4.22. The van der Waals surface area contributed by atoms with Crippen LogP contribution in [0.5, 0.6) is 0 Å². The van der Waals surface area contributed by atoms with Crippen molar-refractivity contribution in [3.05, 3.63) is 12.5 Å². The molecule has 0 spiro atoms. The molecule has 0 saturated heterocycles. The van der Waals surface area contributed by atoms with Gasteiger partial charge in [0, 0.05) is 5.27 Å². The lowest BCUT2D eigenvalue weighted by Gasteiger charge is -1.45. The van der Waals surface area contributed by atoms with Gasteiger partial charge < -0.3 is 4.52 Å². The van der Waals surface area contributed by atoms with E-state index in [0.29, 0.717) is 0 Å². The number of rotatable bonds is 0. The van der Waals surface area contributed by atoms with Crippen LogP contribution in [0.2, 0.25) is 0 Å². The van der Waals surface area contributed by atoms with Gasteiger partial charge in [-0.2, -0.15) is 0 Å². The van der Waals surface area contributed by atoms with E-state index in [0.717, 1.165) is 0 Å². The Morgan fingerprint density at radius 3 is 2.29 bits per heavy atom. The van der Waals surface area contributed by atoms with Gasteiger partial charge in [-0.1, -0.05) is 0 Å². The summed E-state index contributed by atoms with van der Waals surface area (Å²) in [6.07, 6.45) is 2.88. The molecule has 3 nitrogen and oxygen atoms in total. The number of halogens is 2. The Bertz CT molecular complexity index is 72.2. The van der Waals surface area contributed by atoms with Gasteiger partial charge >= 0.3 is 0 Å². The molecule has 1 heterocycles. The van der Waals surface area contributed by atoms with Gasteiger partial charge in [0.05, 0.1) is 6.20 Å². The average Bonchev–Trinajstić information content (AvgIpc) is 1.76. The smallest absolute Gasteiger partial charge is 0.144 e. The van der Waals surface area contributed by atoms with E-state index in [1.165, 1.54) is 12.5 Å². The van der Waals surface area contributed by atoms with Crippen LogP contribution in [0.4, 0.5) is 0 Å². The zero-order chi connectivity index (χ0) is 3.54. The summed E-state index contributed by atoms with van der Waals surface area (Å²) in [5, 5.41) is 6.40. The molecule has 1 rings (SSSR count). The average molecular weight is 234 g/mol. The maximum Gasteiger partial charge on any atom is 0.144 e. The lowest BCUT2D eigenvalue weighted by Crippen LogP contribution is -1.53. The van der Waals surface area contributed by atoms with E-state index < -0.39 is 0 Å². The minimum Gasteiger partial charge on any atom is -0.346 e. The standard InChI is InChI=1S/C2H2N2O.ClH.HI/c1-2-5-4-3-1;;/h1-2H;2*1H. The van der Waals surface area contributed by atoms with Crippen molar-refractivity contribution in [2.45, 2.75) is 0 Å². The summed E-state index contributed by atoms with van der Waals surface area (Å²) in [4.78, 5) is 0. The largest absolute Gasteiger partial charge is 0.346 e. The van der Waals surface area contributed by atoms with Gasteiger partial charge in [0.15, 0.2) is 0 Å². The molecule has 0 N–H and O–H groups in total. The van der Waals surface area contributed by atoms with Gasteiger partial charge in [-0.15, -0.1) is 41.5 Å². The minimum absolute atomic E-state index is 0. The van der Waals surface area contributed by atoms with Crippen LogP contribution in [0.3, 0.4) is 0 Å². The molecular formula is C2H4ClIN2O. The first-order chi connectivity index (χ1) is 2.50. The fraction of sp³-hybridized carbons (Fsp3) is 0. The first-order valence-electron chi connectivity index (χ1n) is 1.21. The van der Waals surface area contributed by atoms with Crippen LogP contribution in [0.15, 0.2) is 17.0 Å². The highest BCUT2D eigenvalue weighted by atomic mass is 127. The molecule has 0 unspecified atom stereocenters. The molecule has 0 saturated carbocycles. The van der Waals surface area contributed by atoms with Crippen molar-refractivity contribution < 1.29 is 4.52 Å². The highest BCUT2D eigenvalue weighted by molar-refractivity contribution is 14.0. The van der Waals surface area contributed by atoms with Gasteiger partial charge in [-0.3, -0.25) is 0 Å². The normalized spacial score (nSPS) is 5.71. The van der Waals surface area contributed by atoms with Crippen molar-refractivity contribution in [3.8, 4) is 0 Å². The Hall–Kier alpha value is 0.160. The third kappa shape index (κ3) is 4.00. The fourth-order valence-electron chi connectivity index (χ4n) is 0.136. The number of hydrogen-bond acceptors (Lipinski definition) is 3. The van der Waals surface area contributed by atoms with Crippen molar-refractivity contribution in [2.24, 2.45) is 0 Å². The van der Waals surface area contributed by atoms with Crippen LogP contribution >= 0.6 is 36.4 Å². The third-order valence-corrected chi connectivity index (χ3v) is 0.283. The number of nitrogens with zero attached hydrogens (tertiary/aromatic N) is 2. The molecular weight excluding hydrogens is 230 g/mol. The quantitative estimate of drug-likeness (QED) is 0.631. The molecule has 0 aliphatic carbocycles. The second kappa shape index (κ2) is 6.16. The SMILES string of the molecule is Cl.I.c1conn1. The molecule has 0 aliphatic rings. The Kier molecular flexibility index (Phi) is 8.98. The monoisotopic (exact) mass is 234 g/mol. The van der Waals surface area contributed by atoms with Crippen molar-refractivity contribution in [1.82, 2.24) is 10.4 Å². The topological polar surface area (TPSA) is 38.9 Å². The van der Waals surface area contributed by atoms with Crippen molar-refractivity contribution in [3.63, 3.8) is 0 Å². The second-order valence-corrected chi connectivity index (χ2v) is 0.588. The Labute approximate surface area is 63.9 Å². The van der Waals surface area contributed by atoms with Crippen molar-refractivity contribution >= 4 is 36.4 Å². The molecule has 0 aromatic carbocycles. The molecule has 0 fully saturated rings. The molecule has 0 aliphatic heterocycles. The van der Waals surface area contributed by atoms with E-state index >= 15 is 0 Å². The van der Waals surface area contributed by atoms with Crippen LogP contribution < -0.4 is 0 Å². The Morgan fingerprint density at radius 2 is 2.14 bits per heavy atom. The van der Waals surface area contributed by atoms with Crippen LogP contribution in [0.25, 0.3) is 0 Å². The third-order valence-electron chi connectivity index (χ3n) is 0.283. The summed E-state index contributed by atoms with van der Waals surface area (Å²) in [7, 11) is 0. The predicted octanol–water partition coefficient (Wildman–Crippen LogP) is 1.11. The molecule has 5 heteroatoms. The Balaban J connectivity index is 0. The van der Waals surface area contributed by atoms with Gasteiger partial charge in [-0.05, 0) is 0 Å². The molecule has 7 heavy (non-hydrogen) atoms. The molecule has 1 aromatic rings. The highest BCUT2D eigenvalue weighted by Gasteiger charge is 1.61. The molecule has 1 aromatic heterocycles. The number of aromatic nitrogens is 2. The van der Waals surface area contributed by atoms with Crippen LogP contribution in [-0.4, -0.2) is 10.4 Å². The lowest BCUT2D eigenvalue weighted by molar-refractivity contribution is 0.393. The van der Waals surface area contributed by atoms with Gasteiger partial charge in [-0.25, -0.2) is 0 Å². The van der Waals surface area contributed by atoms with E-state index in [4.69, 9.17) is 0 Å². The summed E-state index contributed by atoms with van der Waals surface area (Å²) in [6.45, 7) is 0. The van der Waals surface area contributed by atoms with Gasteiger partial charge in [0.25, 0.3) is 0 Å². The van der Waals surface area contributed by atoms with Crippen molar-refractivity contribution in [2.75, 3.05) is 0 Å². The summed E-state index contributed by atoms with van der Waals surface area (Å²) < 4.78 is 4.22. The van der Waals surface area contributed by atoms with E-state index in [9.17, 15) is 0 Å². The zero-order valence-corrected chi connectivity index (χ0v) is 6.42.